The molecule has 0 rings (SSSR count). The highest BCUT2D eigenvalue weighted by atomic mass is 19.1. The summed E-state index contributed by atoms with van der Waals surface area (Å²) in [5, 5.41) is 0. The van der Waals surface area contributed by atoms with Crippen LogP contribution in [0.15, 0.2) is 0 Å². The third kappa shape index (κ3) is 12.1. The van der Waals surface area contributed by atoms with Crippen LogP contribution < -0.4 is 5.73 Å². The summed E-state index contributed by atoms with van der Waals surface area (Å²) in [5.74, 6) is 0.236. The van der Waals surface area contributed by atoms with Crippen molar-refractivity contribution in [3.8, 4) is 0 Å². The Bertz CT molecular complexity index is 150. The number of rotatable bonds is 12. The molecule has 0 fully saturated rings. The molecule has 0 radical (unpaired) electrons. The van der Waals surface area contributed by atoms with Gasteiger partial charge in [-0.3, -0.25) is 4.39 Å². The van der Waals surface area contributed by atoms with Gasteiger partial charge in [0.1, 0.15) is 0 Å². The Morgan fingerprint density at radius 3 is 2.00 bits per heavy atom. The van der Waals surface area contributed by atoms with Crippen molar-refractivity contribution in [3.05, 3.63) is 0 Å². The van der Waals surface area contributed by atoms with Crippen molar-refractivity contribution >= 4 is 0 Å². The number of hydrogen-bond donors (Lipinski definition) is 1. The average molecular weight is 245 g/mol. The summed E-state index contributed by atoms with van der Waals surface area (Å²) in [6.45, 7) is 4.04. The summed E-state index contributed by atoms with van der Waals surface area (Å²) in [6, 6.07) is 0.373. The fraction of sp³-hybridized carbons (Fsp3) is 1.00. The molecule has 0 spiro atoms. The number of hydrogen-bond acceptors (Lipinski definition) is 1. The second-order valence-corrected chi connectivity index (χ2v) is 5.51. The molecule has 0 aliphatic rings. The van der Waals surface area contributed by atoms with Crippen LogP contribution in [0.2, 0.25) is 0 Å². The fourth-order valence-electron chi connectivity index (χ4n) is 2.13. The molecule has 0 aromatic rings. The molecule has 0 aromatic heterocycles. The van der Waals surface area contributed by atoms with Crippen molar-refractivity contribution in [2.24, 2.45) is 11.7 Å². The lowest BCUT2D eigenvalue weighted by Crippen LogP contribution is -2.19. The predicted octanol–water partition coefficient (Wildman–Crippen LogP) is 4.84. The van der Waals surface area contributed by atoms with E-state index in [1.807, 2.05) is 6.92 Å². The van der Waals surface area contributed by atoms with Crippen molar-refractivity contribution < 1.29 is 4.39 Å². The Morgan fingerprint density at radius 1 is 0.882 bits per heavy atom. The van der Waals surface area contributed by atoms with Crippen LogP contribution in [0.25, 0.3) is 0 Å². The first kappa shape index (κ1) is 16.9. The van der Waals surface area contributed by atoms with E-state index in [1.54, 1.807) is 0 Å². The molecule has 1 nitrogen and oxygen atoms in total. The third-order valence-electron chi connectivity index (χ3n) is 3.46. The third-order valence-corrected chi connectivity index (χ3v) is 3.46. The quantitative estimate of drug-likeness (QED) is 0.489. The minimum atomic E-state index is -0.177. The number of halogens is 1. The molecule has 1 unspecified atom stereocenters. The number of nitrogens with two attached hydrogens (primary N) is 1. The van der Waals surface area contributed by atoms with Crippen molar-refractivity contribution in [3.63, 3.8) is 0 Å². The van der Waals surface area contributed by atoms with Gasteiger partial charge in [0.25, 0.3) is 0 Å². The summed E-state index contributed by atoms with van der Waals surface area (Å²) in [7, 11) is 0. The van der Waals surface area contributed by atoms with E-state index in [2.05, 4.69) is 6.92 Å². The maximum Gasteiger partial charge on any atom is 0.0919 e. The summed E-state index contributed by atoms with van der Waals surface area (Å²) in [4.78, 5) is 0. The second kappa shape index (κ2) is 12.3. The van der Waals surface area contributed by atoms with Gasteiger partial charge in [0.05, 0.1) is 6.67 Å². The lowest BCUT2D eigenvalue weighted by atomic mass is 9.99. The van der Waals surface area contributed by atoms with Crippen molar-refractivity contribution in [2.75, 3.05) is 6.67 Å². The van der Waals surface area contributed by atoms with Crippen LogP contribution in [0, 0.1) is 5.92 Å². The molecule has 2 heteroatoms. The highest BCUT2D eigenvalue weighted by Crippen LogP contribution is 2.13. The van der Waals surface area contributed by atoms with Gasteiger partial charge in [0.15, 0.2) is 0 Å². The lowest BCUT2D eigenvalue weighted by Gasteiger charge is -2.12. The second-order valence-electron chi connectivity index (χ2n) is 5.51. The highest BCUT2D eigenvalue weighted by molar-refractivity contribution is 4.62. The smallest absolute Gasteiger partial charge is 0.0919 e. The Balaban J connectivity index is 3.20. The van der Waals surface area contributed by atoms with Gasteiger partial charge in [-0.15, -0.1) is 0 Å². The van der Waals surface area contributed by atoms with Gasteiger partial charge < -0.3 is 5.73 Å². The minimum absolute atomic E-state index is 0.177. The Morgan fingerprint density at radius 2 is 1.41 bits per heavy atom. The van der Waals surface area contributed by atoms with Crippen LogP contribution in [0.5, 0.6) is 0 Å². The summed E-state index contributed by atoms with van der Waals surface area (Å²) in [6.07, 6.45) is 12.2. The van der Waals surface area contributed by atoms with Crippen LogP contribution in [-0.4, -0.2) is 12.7 Å². The zero-order chi connectivity index (χ0) is 12.9. The standard InChI is InChI=1S/C15H32FN/c1-3-4-5-6-7-11-15(17)12-9-8-10-14(2)13-16/h14-15H,3-13,17H2,1-2H3/t14-,15?/m0/s1. The SMILES string of the molecule is CCCCCCCC(N)CCCC[C@H](C)CF. The Hall–Kier alpha value is -0.110. The van der Waals surface area contributed by atoms with E-state index in [4.69, 9.17) is 5.73 Å². The van der Waals surface area contributed by atoms with Gasteiger partial charge in [0.2, 0.25) is 0 Å². The summed E-state index contributed by atoms with van der Waals surface area (Å²) < 4.78 is 12.2. The molecule has 0 heterocycles. The molecular weight excluding hydrogens is 213 g/mol. The molecule has 2 N–H and O–H groups in total. The highest BCUT2D eigenvalue weighted by Gasteiger charge is 2.04. The van der Waals surface area contributed by atoms with E-state index >= 15 is 0 Å². The van der Waals surface area contributed by atoms with Crippen molar-refractivity contribution in [1.82, 2.24) is 0 Å². The molecule has 0 saturated carbocycles. The van der Waals surface area contributed by atoms with Crippen molar-refractivity contribution in [2.45, 2.75) is 84.1 Å². The normalized spacial score (nSPS) is 14.8. The topological polar surface area (TPSA) is 26.0 Å². The molecule has 0 aliphatic heterocycles. The predicted molar refractivity (Wildman–Crippen MR) is 75.0 cm³/mol. The average Bonchev–Trinajstić information content (AvgIpc) is 2.34. The maximum absolute atomic E-state index is 12.2. The van der Waals surface area contributed by atoms with Gasteiger partial charge >= 0.3 is 0 Å². The van der Waals surface area contributed by atoms with E-state index < -0.39 is 0 Å². The van der Waals surface area contributed by atoms with Gasteiger partial charge in [0, 0.05) is 6.04 Å². The summed E-state index contributed by atoms with van der Waals surface area (Å²) in [5.41, 5.74) is 6.06. The Labute approximate surface area is 107 Å². The number of unbranched alkanes of at least 4 members (excludes halogenated alkanes) is 5. The van der Waals surface area contributed by atoms with Gasteiger partial charge in [-0.2, -0.15) is 0 Å². The van der Waals surface area contributed by atoms with E-state index in [0.717, 1.165) is 19.3 Å². The van der Waals surface area contributed by atoms with Crippen LogP contribution in [0.3, 0.4) is 0 Å². The van der Waals surface area contributed by atoms with Crippen LogP contribution in [0.4, 0.5) is 4.39 Å². The van der Waals surface area contributed by atoms with Gasteiger partial charge in [-0.05, 0) is 25.2 Å². The first-order valence-electron chi connectivity index (χ1n) is 7.52. The zero-order valence-corrected chi connectivity index (χ0v) is 11.9. The van der Waals surface area contributed by atoms with E-state index in [0.29, 0.717) is 6.04 Å². The molecule has 2 atom stereocenters. The van der Waals surface area contributed by atoms with Crippen molar-refractivity contribution in [1.29, 1.82) is 0 Å². The van der Waals surface area contributed by atoms with E-state index in [1.165, 1.54) is 44.9 Å². The van der Waals surface area contributed by atoms with E-state index in [-0.39, 0.29) is 12.6 Å². The molecular formula is C15H32FN. The maximum atomic E-state index is 12.2. The van der Waals surface area contributed by atoms with Gasteiger partial charge in [-0.25, -0.2) is 0 Å². The molecule has 17 heavy (non-hydrogen) atoms. The Kier molecular flexibility index (Phi) is 12.3. The first-order valence-corrected chi connectivity index (χ1v) is 7.52. The largest absolute Gasteiger partial charge is 0.328 e. The van der Waals surface area contributed by atoms with E-state index in [9.17, 15) is 4.39 Å². The summed E-state index contributed by atoms with van der Waals surface area (Å²) >= 11 is 0. The minimum Gasteiger partial charge on any atom is -0.328 e. The molecule has 0 saturated heterocycles. The van der Waals surface area contributed by atoms with Crippen LogP contribution >= 0.6 is 0 Å². The molecule has 0 bridgehead atoms. The van der Waals surface area contributed by atoms with Crippen LogP contribution in [-0.2, 0) is 0 Å². The lowest BCUT2D eigenvalue weighted by molar-refractivity contribution is 0.353. The fourth-order valence-corrected chi connectivity index (χ4v) is 2.13. The van der Waals surface area contributed by atoms with Crippen LogP contribution in [0.1, 0.15) is 78.1 Å². The van der Waals surface area contributed by atoms with Gasteiger partial charge in [-0.1, -0.05) is 58.8 Å². The molecule has 104 valence electrons. The first-order chi connectivity index (χ1) is 8.20. The monoisotopic (exact) mass is 245 g/mol. The molecule has 0 aromatic carbocycles. The molecule has 0 amide bonds. The number of alkyl halides is 1. The molecule has 0 aliphatic carbocycles. The zero-order valence-electron chi connectivity index (χ0n) is 11.9.